The van der Waals surface area contributed by atoms with Gasteiger partial charge in [0.15, 0.2) is 5.58 Å². The topological polar surface area (TPSA) is 48.4 Å². The molecule has 1 heterocycles. The van der Waals surface area contributed by atoms with Gasteiger partial charge in [-0.25, -0.2) is 4.39 Å². The predicted molar refractivity (Wildman–Crippen MR) is 71.4 cm³/mol. The van der Waals surface area contributed by atoms with Gasteiger partial charge in [-0.3, -0.25) is 0 Å². The number of halogens is 1. The molecule has 2 N–H and O–H groups in total. The molecule has 19 heavy (non-hydrogen) atoms. The minimum atomic E-state index is -0.288. The lowest BCUT2D eigenvalue weighted by Gasteiger charge is -2.03. The number of ether oxygens (including phenoxy) is 1. The Kier molecular flexibility index (Phi) is 2.83. The van der Waals surface area contributed by atoms with Crippen LogP contribution in [-0.4, -0.2) is 0 Å². The quantitative estimate of drug-likeness (QED) is 0.727. The lowest BCUT2D eigenvalue weighted by atomic mass is 10.2. The van der Waals surface area contributed by atoms with Crippen molar-refractivity contribution in [3.8, 4) is 5.75 Å². The molecule has 4 heteroatoms. The summed E-state index contributed by atoms with van der Waals surface area (Å²) in [5.41, 5.74) is 7.09. The van der Waals surface area contributed by atoms with Crippen LogP contribution in [0.5, 0.6) is 5.75 Å². The van der Waals surface area contributed by atoms with Crippen LogP contribution in [0.4, 0.5) is 10.1 Å². The van der Waals surface area contributed by atoms with E-state index in [1.54, 1.807) is 18.2 Å². The van der Waals surface area contributed by atoms with Crippen molar-refractivity contribution in [3.05, 3.63) is 60.1 Å². The average Bonchev–Trinajstić information content (AvgIpc) is 2.83. The van der Waals surface area contributed by atoms with Gasteiger partial charge in [0, 0.05) is 5.39 Å². The second-order valence-electron chi connectivity index (χ2n) is 4.22. The Balaban J connectivity index is 1.78. The number of anilines is 1. The first-order valence-corrected chi connectivity index (χ1v) is 5.87. The zero-order valence-electron chi connectivity index (χ0n) is 10.1. The maximum absolute atomic E-state index is 12.7. The largest absolute Gasteiger partial charge is 0.486 e. The molecule has 3 rings (SSSR count). The molecule has 3 aromatic rings. The molecule has 2 aromatic carbocycles. The van der Waals surface area contributed by atoms with Crippen molar-refractivity contribution in [1.82, 2.24) is 0 Å². The Labute approximate surface area is 109 Å². The smallest absolute Gasteiger partial charge is 0.157 e. The third kappa shape index (κ3) is 2.38. The highest BCUT2D eigenvalue weighted by atomic mass is 19.1. The van der Waals surface area contributed by atoms with E-state index >= 15 is 0 Å². The van der Waals surface area contributed by atoms with Gasteiger partial charge in [0.2, 0.25) is 0 Å². The van der Waals surface area contributed by atoms with Crippen LogP contribution in [0.2, 0.25) is 0 Å². The van der Waals surface area contributed by atoms with Crippen molar-refractivity contribution in [1.29, 1.82) is 0 Å². The monoisotopic (exact) mass is 257 g/mol. The molecule has 0 unspecified atom stereocenters. The van der Waals surface area contributed by atoms with Crippen LogP contribution < -0.4 is 10.5 Å². The normalized spacial score (nSPS) is 10.8. The second kappa shape index (κ2) is 4.65. The molecule has 0 atom stereocenters. The summed E-state index contributed by atoms with van der Waals surface area (Å²) in [7, 11) is 0. The van der Waals surface area contributed by atoms with Gasteiger partial charge in [0.1, 0.15) is 23.9 Å². The molecule has 0 spiro atoms. The van der Waals surface area contributed by atoms with Crippen LogP contribution in [0, 0.1) is 5.82 Å². The van der Waals surface area contributed by atoms with Crippen molar-refractivity contribution < 1.29 is 13.5 Å². The first kappa shape index (κ1) is 11.6. The molecule has 0 aliphatic heterocycles. The van der Waals surface area contributed by atoms with E-state index in [4.69, 9.17) is 14.9 Å². The van der Waals surface area contributed by atoms with E-state index in [1.807, 2.05) is 18.2 Å². The summed E-state index contributed by atoms with van der Waals surface area (Å²) < 4.78 is 23.9. The summed E-state index contributed by atoms with van der Waals surface area (Å²) in [5.74, 6) is 0.982. The third-order valence-electron chi connectivity index (χ3n) is 2.82. The van der Waals surface area contributed by atoms with Crippen LogP contribution in [-0.2, 0) is 6.61 Å². The van der Waals surface area contributed by atoms with Gasteiger partial charge in [-0.2, -0.15) is 0 Å². The number of hydrogen-bond acceptors (Lipinski definition) is 3. The van der Waals surface area contributed by atoms with Gasteiger partial charge >= 0.3 is 0 Å². The maximum atomic E-state index is 12.7. The Morgan fingerprint density at radius 3 is 2.63 bits per heavy atom. The second-order valence-corrected chi connectivity index (χ2v) is 4.22. The zero-order chi connectivity index (χ0) is 13.2. The number of rotatable bonds is 3. The van der Waals surface area contributed by atoms with Gasteiger partial charge in [-0.1, -0.05) is 12.1 Å². The van der Waals surface area contributed by atoms with Gasteiger partial charge < -0.3 is 14.9 Å². The Morgan fingerprint density at radius 2 is 1.89 bits per heavy atom. The summed E-state index contributed by atoms with van der Waals surface area (Å²) in [6, 6.07) is 13.3. The number of hydrogen-bond donors (Lipinski definition) is 1. The highest BCUT2D eigenvalue weighted by Crippen LogP contribution is 2.25. The molecule has 0 amide bonds. The lowest BCUT2D eigenvalue weighted by Crippen LogP contribution is -1.93. The molecule has 0 saturated heterocycles. The Morgan fingerprint density at radius 1 is 1.11 bits per heavy atom. The van der Waals surface area contributed by atoms with E-state index in [-0.39, 0.29) is 12.4 Å². The SMILES string of the molecule is Nc1cccc2cc(COc3ccc(F)cc3)oc12. The molecule has 0 fully saturated rings. The molecule has 0 bridgehead atoms. The zero-order valence-corrected chi connectivity index (χ0v) is 10.1. The van der Waals surface area contributed by atoms with Crippen molar-refractivity contribution in [2.24, 2.45) is 0 Å². The Hall–Kier alpha value is -2.49. The van der Waals surface area contributed by atoms with Crippen molar-refractivity contribution in [2.75, 3.05) is 5.73 Å². The summed E-state index contributed by atoms with van der Waals surface area (Å²) in [6.07, 6.45) is 0. The predicted octanol–water partition coefficient (Wildman–Crippen LogP) is 3.73. The third-order valence-corrected chi connectivity index (χ3v) is 2.82. The number of para-hydroxylation sites is 1. The minimum Gasteiger partial charge on any atom is -0.486 e. The van der Waals surface area contributed by atoms with Gasteiger partial charge in [-0.15, -0.1) is 0 Å². The molecule has 1 aromatic heterocycles. The van der Waals surface area contributed by atoms with Crippen molar-refractivity contribution in [3.63, 3.8) is 0 Å². The first-order valence-electron chi connectivity index (χ1n) is 5.87. The van der Waals surface area contributed by atoms with E-state index in [9.17, 15) is 4.39 Å². The van der Waals surface area contributed by atoms with Gasteiger partial charge in [0.25, 0.3) is 0 Å². The summed E-state index contributed by atoms with van der Waals surface area (Å²) >= 11 is 0. The van der Waals surface area contributed by atoms with Crippen LogP contribution in [0.3, 0.4) is 0 Å². The Bertz CT molecular complexity index is 704. The molecule has 96 valence electrons. The van der Waals surface area contributed by atoms with E-state index in [2.05, 4.69) is 0 Å². The van der Waals surface area contributed by atoms with Crippen LogP contribution in [0.1, 0.15) is 5.76 Å². The van der Waals surface area contributed by atoms with Gasteiger partial charge in [0.05, 0.1) is 5.69 Å². The highest BCUT2D eigenvalue weighted by Gasteiger charge is 2.06. The number of nitrogen functional groups attached to an aromatic ring is 1. The maximum Gasteiger partial charge on any atom is 0.157 e. The lowest BCUT2D eigenvalue weighted by molar-refractivity contribution is 0.274. The molecule has 0 saturated carbocycles. The van der Waals surface area contributed by atoms with Crippen LogP contribution in [0.15, 0.2) is 52.9 Å². The first-order chi connectivity index (χ1) is 9.22. The number of benzene rings is 2. The van der Waals surface area contributed by atoms with Gasteiger partial charge in [-0.05, 0) is 36.4 Å². The minimum absolute atomic E-state index is 0.278. The van der Waals surface area contributed by atoms with Crippen molar-refractivity contribution >= 4 is 16.7 Å². The van der Waals surface area contributed by atoms with E-state index in [0.29, 0.717) is 22.8 Å². The molecule has 0 radical (unpaired) electrons. The highest BCUT2D eigenvalue weighted by molar-refractivity contribution is 5.88. The van der Waals surface area contributed by atoms with Crippen LogP contribution in [0.25, 0.3) is 11.0 Å². The average molecular weight is 257 g/mol. The molecular weight excluding hydrogens is 245 g/mol. The molecular formula is C15H12FNO2. The fourth-order valence-corrected chi connectivity index (χ4v) is 1.90. The van der Waals surface area contributed by atoms with E-state index < -0.39 is 0 Å². The van der Waals surface area contributed by atoms with E-state index in [0.717, 1.165) is 5.39 Å². The molecule has 0 aliphatic rings. The number of nitrogens with two attached hydrogens (primary N) is 1. The fraction of sp³-hybridized carbons (Fsp3) is 0.0667. The fourth-order valence-electron chi connectivity index (χ4n) is 1.90. The van der Waals surface area contributed by atoms with Crippen molar-refractivity contribution in [2.45, 2.75) is 6.61 Å². The number of fused-ring (bicyclic) bond motifs is 1. The summed E-state index contributed by atoms with van der Waals surface area (Å²) in [5, 5.41) is 0.942. The summed E-state index contributed by atoms with van der Waals surface area (Å²) in [6.45, 7) is 0.278. The standard InChI is InChI=1S/C15H12FNO2/c16-11-4-6-12(7-5-11)18-9-13-8-10-2-1-3-14(17)15(10)19-13/h1-8H,9,17H2. The van der Waals surface area contributed by atoms with E-state index in [1.165, 1.54) is 12.1 Å². The van der Waals surface area contributed by atoms with Crippen LogP contribution >= 0.6 is 0 Å². The molecule has 3 nitrogen and oxygen atoms in total. The number of furan rings is 1. The summed E-state index contributed by atoms with van der Waals surface area (Å²) in [4.78, 5) is 0. The molecule has 0 aliphatic carbocycles.